The molecule has 1 N–H and O–H groups in total. The molecule has 4 aromatic rings. The normalized spacial score (nSPS) is 15.2. The lowest BCUT2D eigenvalue weighted by Gasteiger charge is -2.24. The van der Waals surface area contributed by atoms with Crippen LogP contribution in [0.3, 0.4) is 0 Å². The van der Waals surface area contributed by atoms with Crippen LogP contribution < -0.4 is 9.64 Å². The van der Waals surface area contributed by atoms with Crippen molar-refractivity contribution in [3.05, 3.63) is 113 Å². The quantitative estimate of drug-likeness (QED) is 0.111. The van der Waals surface area contributed by atoms with Gasteiger partial charge in [-0.05, 0) is 42.3 Å². The van der Waals surface area contributed by atoms with Crippen LogP contribution in [0.4, 0.5) is 5.13 Å². The van der Waals surface area contributed by atoms with E-state index in [1.807, 2.05) is 30.3 Å². The summed E-state index contributed by atoms with van der Waals surface area (Å²) in [5.74, 6) is -0.208. The van der Waals surface area contributed by atoms with Gasteiger partial charge in [-0.15, -0.1) is 10.2 Å². The van der Waals surface area contributed by atoms with Gasteiger partial charge in [0, 0.05) is 5.75 Å². The average Bonchev–Trinajstić information content (AvgIpc) is 3.65. The van der Waals surface area contributed by atoms with Crippen LogP contribution >= 0.6 is 23.1 Å². The van der Waals surface area contributed by atoms with Crippen molar-refractivity contribution >= 4 is 39.9 Å². The Morgan fingerprint density at radius 3 is 2.74 bits per heavy atom. The molecule has 3 heterocycles. The number of nitrogens with zero attached hydrogens (tertiary/aromatic N) is 3. The molecule has 1 unspecified atom stereocenters. The van der Waals surface area contributed by atoms with E-state index in [0.29, 0.717) is 27.2 Å². The van der Waals surface area contributed by atoms with Crippen molar-refractivity contribution in [2.45, 2.75) is 23.1 Å². The number of ether oxygens (including phenoxy) is 1. The van der Waals surface area contributed by atoms with Crippen molar-refractivity contribution in [2.24, 2.45) is 0 Å². The number of aromatic nitrogens is 2. The molecule has 1 aliphatic rings. The average molecular weight is 546 g/mol. The summed E-state index contributed by atoms with van der Waals surface area (Å²) in [7, 11) is 0. The molecule has 0 radical (unpaired) electrons. The molecule has 1 atom stereocenters. The van der Waals surface area contributed by atoms with E-state index in [0.717, 1.165) is 5.56 Å². The maximum absolute atomic E-state index is 13.5. The van der Waals surface area contributed by atoms with E-state index in [4.69, 9.17) is 9.15 Å². The second-order valence-electron chi connectivity index (χ2n) is 8.38. The van der Waals surface area contributed by atoms with Crippen LogP contribution in [0, 0.1) is 6.92 Å². The fourth-order valence-corrected chi connectivity index (χ4v) is 5.87. The van der Waals surface area contributed by atoms with Crippen LogP contribution in [-0.2, 0) is 10.5 Å². The lowest BCUT2D eigenvalue weighted by molar-refractivity contribution is -0.117. The van der Waals surface area contributed by atoms with E-state index in [2.05, 4.69) is 16.8 Å². The zero-order chi connectivity index (χ0) is 26.6. The number of furan rings is 1. The Balaban J connectivity index is 1.52. The van der Waals surface area contributed by atoms with E-state index in [1.54, 1.807) is 43.3 Å². The van der Waals surface area contributed by atoms with Crippen molar-refractivity contribution in [3.8, 4) is 5.75 Å². The third-order valence-electron chi connectivity index (χ3n) is 5.77. The maximum Gasteiger partial charge on any atom is 0.296 e. The van der Waals surface area contributed by atoms with Gasteiger partial charge in [0.05, 0.1) is 11.6 Å². The highest BCUT2D eigenvalue weighted by molar-refractivity contribution is 8.00. The van der Waals surface area contributed by atoms with Gasteiger partial charge in [0.2, 0.25) is 10.9 Å². The van der Waals surface area contributed by atoms with Gasteiger partial charge in [-0.2, -0.15) is 0 Å². The Morgan fingerprint density at radius 1 is 1.18 bits per heavy atom. The predicted octanol–water partition coefficient (Wildman–Crippen LogP) is 6.08. The maximum atomic E-state index is 13.5. The highest BCUT2D eigenvalue weighted by atomic mass is 32.2. The number of carbonyl (C=O) groups is 2. The minimum atomic E-state index is -0.965. The summed E-state index contributed by atoms with van der Waals surface area (Å²) in [5.41, 5.74) is 1.59. The van der Waals surface area contributed by atoms with Crippen molar-refractivity contribution in [3.63, 3.8) is 0 Å². The predicted molar refractivity (Wildman–Crippen MR) is 146 cm³/mol. The molecular formula is C28H23N3O5S2. The molecule has 0 aliphatic carbocycles. The number of hydrogen-bond donors (Lipinski definition) is 1. The number of thioether (sulfide) groups is 1. The van der Waals surface area contributed by atoms with Gasteiger partial charge in [-0.3, -0.25) is 14.5 Å². The molecular weight excluding hydrogens is 522 g/mol. The minimum absolute atomic E-state index is 0.0270. The topological polar surface area (TPSA) is 106 Å². The summed E-state index contributed by atoms with van der Waals surface area (Å²) in [5, 5.41) is 19.7. The number of aliphatic hydroxyl groups excluding tert-OH is 1. The van der Waals surface area contributed by atoms with Crippen molar-refractivity contribution < 1.29 is 23.8 Å². The number of benzene rings is 2. The smallest absolute Gasteiger partial charge is 0.296 e. The van der Waals surface area contributed by atoms with Crippen molar-refractivity contribution in [1.82, 2.24) is 10.2 Å². The van der Waals surface area contributed by atoms with Crippen LogP contribution in [-0.4, -0.2) is 33.6 Å². The first kappa shape index (κ1) is 25.5. The van der Waals surface area contributed by atoms with Gasteiger partial charge in [0.15, 0.2) is 15.9 Å². The van der Waals surface area contributed by atoms with Gasteiger partial charge in [-0.1, -0.05) is 78.2 Å². The standard InChI is InChI=1S/C28H23N3O5S2/c1-3-14-35-20-11-7-10-19(15-20)23-22(24(32)21-13-12-17(2)36-21)25(33)26(34)31(23)27-29-30-28(38-27)37-16-18-8-5-4-6-9-18/h3-13,15,23,33H,1,14,16H2,2H3. The van der Waals surface area contributed by atoms with Crippen molar-refractivity contribution in [2.75, 3.05) is 11.5 Å². The molecule has 0 saturated carbocycles. The molecule has 5 rings (SSSR count). The molecule has 0 saturated heterocycles. The summed E-state index contributed by atoms with van der Waals surface area (Å²) in [4.78, 5) is 28.2. The SMILES string of the molecule is C=CCOc1cccc(C2C(C(=O)c3ccc(C)o3)=C(O)C(=O)N2c2nnc(SCc3ccccc3)s2)c1. The summed E-state index contributed by atoms with van der Waals surface area (Å²) < 4.78 is 11.9. The highest BCUT2D eigenvalue weighted by Gasteiger charge is 2.46. The molecule has 1 aliphatic heterocycles. The van der Waals surface area contributed by atoms with Gasteiger partial charge in [-0.25, -0.2) is 0 Å². The Labute approximate surface area is 227 Å². The number of aliphatic hydroxyl groups is 1. The third-order valence-corrected chi connectivity index (χ3v) is 7.89. The zero-order valence-electron chi connectivity index (χ0n) is 20.4. The lowest BCUT2D eigenvalue weighted by atomic mass is 9.95. The van der Waals surface area contributed by atoms with Crippen LogP contribution in [0.15, 0.2) is 99.5 Å². The molecule has 1 amide bonds. The van der Waals surface area contributed by atoms with Gasteiger partial charge in [0.1, 0.15) is 18.1 Å². The van der Waals surface area contributed by atoms with E-state index in [9.17, 15) is 14.7 Å². The largest absolute Gasteiger partial charge is 0.503 e. The third kappa shape index (κ3) is 5.13. The molecule has 8 nitrogen and oxygen atoms in total. The van der Waals surface area contributed by atoms with E-state index < -0.39 is 23.5 Å². The molecule has 0 fully saturated rings. The van der Waals surface area contributed by atoms with Gasteiger partial charge < -0.3 is 14.3 Å². The molecule has 10 heteroatoms. The fraction of sp³-hybridized carbons (Fsp3) is 0.143. The number of carbonyl (C=O) groups excluding carboxylic acids is 2. The number of ketones is 1. The summed E-state index contributed by atoms with van der Waals surface area (Å²) in [6.07, 6.45) is 1.62. The van der Waals surface area contributed by atoms with Crippen LogP contribution in [0.5, 0.6) is 5.75 Å². The number of Topliss-reactive ketones (excluding diaryl/α,β-unsaturated/α-hetero) is 1. The highest BCUT2D eigenvalue weighted by Crippen LogP contribution is 2.44. The Morgan fingerprint density at radius 2 is 2.00 bits per heavy atom. The number of amides is 1. The summed E-state index contributed by atoms with van der Waals surface area (Å²) in [6, 6.07) is 19.1. The first-order valence-electron chi connectivity index (χ1n) is 11.7. The molecule has 192 valence electrons. The zero-order valence-corrected chi connectivity index (χ0v) is 22.0. The Hall–Kier alpha value is -4.15. The second-order valence-corrected chi connectivity index (χ2v) is 10.6. The molecule has 0 spiro atoms. The number of hydrogen-bond acceptors (Lipinski definition) is 9. The van der Waals surface area contributed by atoms with Crippen LogP contribution in [0.25, 0.3) is 0 Å². The van der Waals surface area contributed by atoms with E-state index in [1.165, 1.54) is 34.1 Å². The monoisotopic (exact) mass is 545 g/mol. The van der Waals surface area contributed by atoms with Gasteiger partial charge >= 0.3 is 0 Å². The van der Waals surface area contributed by atoms with Crippen molar-refractivity contribution in [1.29, 1.82) is 0 Å². The fourth-order valence-electron chi connectivity index (χ4n) is 4.05. The van der Waals surface area contributed by atoms with E-state index >= 15 is 0 Å². The van der Waals surface area contributed by atoms with Crippen LogP contribution in [0.1, 0.15) is 33.5 Å². The minimum Gasteiger partial charge on any atom is -0.503 e. The summed E-state index contributed by atoms with van der Waals surface area (Å²) >= 11 is 2.70. The van der Waals surface area contributed by atoms with E-state index in [-0.39, 0.29) is 23.1 Å². The summed E-state index contributed by atoms with van der Waals surface area (Å²) in [6.45, 7) is 5.66. The van der Waals surface area contributed by atoms with Gasteiger partial charge in [0.25, 0.3) is 5.91 Å². The van der Waals surface area contributed by atoms with Crippen LogP contribution in [0.2, 0.25) is 0 Å². The first-order chi connectivity index (χ1) is 18.5. The number of rotatable bonds is 10. The second kappa shape index (κ2) is 11.1. The molecule has 2 aromatic heterocycles. The Kier molecular flexibility index (Phi) is 7.43. The first-order valence-corrected chi connectivity index (χ1v) is 13.5. The molecule has 2 aromatic carbocycles. The lowest BCUT2D eigenvalue weighted by Crippen LogP contribution is -2.31. The molecule has 0 bridgehead atoms. The number of aryl methyl sites for hydroxylation is 1. The molecule has 38 heavy (non-hydrogen) atoms. The Bertz CT molecular complexity index is 1530. The number of anilines is 1.